The molecule has 0 aliphatic carbocycles. The van der Waals surface area contributed by atoms with Crippen LogP contribution in [0.1, 0.15) is 38.7 Å². The van der Waals surface area contributed by atoms with E-state index in [1.165, 1.54) is 0 Å². The molecule has 2 aliphatic heterocycles. The molecule has 0 aromatic heterocycles. The highest BCUT2D eigenvalue weighted by Gasteiger charge is 2.36. The Labute approximate surface area is 237 Å². The third kappa shape index (κ3) is 4.89. The summed E-state index contributed by atoms with van der Waals surface area (Å²) >= 11 is 6.25. The zero-order valence-electron chi connectivity index (χ0n) is 22.2. The molecule has 2 heterocycles. The Bertz CT molecular complexity index is 1530. The number of ether oxygens (including phenoxy) is 5. The van der Waals surface area contributed by atoms with Crippen molar-refractivity contribution in [1.29, 1.82) is 0 Å². The molecule has 0 N–H and O–H groups in total. The Kier molecular flexibility index (Phi) is 7.13. The summed E-state index contributed by atoms with van der Waals surface area (Å²) < 4.78 is 29.1. The summed E-state index contributed by atoms with van der Waals surface area (Å²) in [4.78, 5) is 15.8. The minimum absolute atomic E-state index is 0.127. The normalized spacial score (nSPS) is 15.4. The topological polar surface area (TPSA) is 66.5 Å². The maximum atomic E-state index is 13.9. The summed E-state index contributed by atoms with van der Waals surface area (Å²) in [6, 6.07) is 24.2. The highest BCUT2D eigenvalue weighted by molar-refractivity contribution is 6.31. The van der Waals surface area contributed by atoms with Crippen LogP contribution in [0, 0.1) is 0 Å². The van der Waals surface area contributed by atoms with Crippen LogP contribution in [0.3, 0.4) is 0 Å². The van der Waals surface area contributed by atoms with E-state index in [2.05, 4.69) is 0 Å². The van der Waals surface area contributed by atoms with Crippen molar-refractivity contribution in [1.82, 2.24) is 4.90 Å². The molecule has 0 radical (unpaired) electrons. The molecular formula is C32H28ClNO6. The number of carbonyl (C=O) groups is 1. The summed E-state index contributed by atoms with van der Waals surface area (Å²) in [5.74, 6) is 2.75. The second-order valence-corrected chi connectivity index (χ2v) is 10.0. The van der Waals surface area contributed by atoms with Gasteiger partial charge in [0, 0.05) is 17.1 Å². The van der Waals surface area contributed by atoms with E-state index < -0.39 is 6.04 Å². The summed E-state index contributed by atoms with van der Waals surface area (Å²) in [6.07, 6.45) is 0.668. The van der Waals surface area contributed by atoms with Gasteiger partial charge in [0.25, 0.3) is 5.91 Å². The standard InChI is InChI=1S/C32H28ClNO6/c1-36-28-15-23(16-29(37-2)31(28)38-18-20-7-4-3-5-8-20)30-25-17-27-26(39-19-40-27)14-21(25)11-12-34(30)32(35)22-9-6-10-24(33)13-22/h3-10,13-17,30H,11-12,18-19H2,1-2H3. The van der Waals surface area contributed by atoms with Gasteiger partial charge in [-0.3, -0.25) is 4.79 Å². The Hall–Kier alpha value is -4.36. The molecule has 8 heteroatoms. The first-order valence-electron chi connectivity index (χ1n) is 13.0. The number of amides is 1. The van der Waals surface area contributed by atoms with E-state index in [-0.39, 0.29) is 12.7 Å². The van der Waals surface area contributed by atoms with Crippen LogP contribution in [0.4, 0.5) is 0 Å². The van der Waals surface area contributed by atoms with Gasteiger partial charge in [-0.1, -0.05) is 48.0 Å². The van der Waals surface area contributed by atoms with E-state index in [9.17, 15) is 4.79 Å². The largest absolute Gasteiger partial charge is 0.493 e. The lowest BCUT2D eigenvalue weighted by molar-refractivity contribution is 0.0694. The zero-order chi connectivity index (χ0) is 27.6. The number of hydrogen-bond acceptors (Lipinski definition) is 6. The van der Waals surface area contributed by atoms with Crippen LogP contribution in [0.5, 0.6) is 28.7 Å². The Morgan fingerprint density at radius 3 is 2.35 bits per heavy atom. The first-order chi connectivity index (χ1) is 19.6. The summed E-state index contributed by atoms with van der Waals surface area (Å²) in [5.41, 5.74) is 4.39. The van der Waals surface area contributed by atoms with E-state index in [1.807, 2.05) is 59.5 Å². The number of rotatable bonds is 7. The number of halogens is 1. The summed E-state index contributed by atoms with van der Waals surface area (Å²) in [6.45, 7) is 1.02. The third-order valence-electron chi connectivity index (χ3n) is 7.22. The van der Waals surface area contributed by atoms with Gasteiger partial charge >= 0.3 is 0 Å². The first-order valence-corrected chi connectivity index (χ1v) is 13.3. The van der Waals surface area contributed by atoms with Gasteiger partial charge in [0.2, 0.25) is 12.5 Å². The van der Waals surface area contributed by atoms with Gasteiger partial charge in [-0.25, -0.2) is 0 Å². The fourth-order valence-electron chi connectivity index (χ4n) is 5.30. The number of methoxy groups -OCH3 is 2. The average Bonchev–Trinajstić information content (AvgIpc) is 3.45. The van der Waals surface area contributed by atoms with Gasteiger partial charge in [0.1, 0.15) is 6.61 Å². The smallest absolute Gasteiger partial charge is 0.254 e. The maximum absolute atomic E-state index is 13.9. The third-order valence-corrected chi connectivity index (χ3v) is 7.45. The summed E-state index contributed by atoms with van der Waals surface area (Å²) in [7, 11) is 3.19. The zero-order valence-corrected chi connectivity index (χ0v) is 22.9. The quantitative estimate of drug-likeness (QED) is 0.260. The van der Waals surface area contributed by atoms with Crippen LogP contribution in [0.2, 0.25) is 5.02 Å². The fourth-order valence-corrected chi connectivity index (χ4v) is 5.49. The monoisotopic (exact) mass is 557 g/mol. The van der Waals surface area contributed by atoms with Gasteiger partial charge in [0.15, 0.2) is 23.0 Å². The molecule has 40 heavy (non-hydrogen) atoms. The second kappa shape index (κ2) is 11.0. The molecule has 204 valence electrons. The van der Waals surface area contributed by atoms with E-state index in [1.54, 1.807) is 38.5 Å². The van der Waals surface area contributed by atoms with Crippen LogP contribution >= 0.6 is 11.6 Å². The maximum Gasteiger partial charge on any atom is 0.254 e. The lowest BCUT2D eigenvalue weighted by atomic mass is 9.87. The predicted molar refractivity (Wildman–Crippen MR) is 151 cm³/mol. The Balaban J connectivity index is 1.45. The Morgan fingerprint density at radius 2 is 1.65 bits per heavy atom. The van der Waals surface area contributed by atoms with E-state index >= 15 is 0 Å². The van der Waals surface area contributed by atoms with Crippen molar-refractivity contribution >= 4 is 17.5 Å². The van der Waals surface area contributed by atoms with E-state index in [0.717, 1.165) is 22.3 Å². The minimum atomic E-state index is -0.448. The van der Waals surface area contributed by atoms with Crippen molar-refractivity contribution in [3.05, 3.63) is 112 Å². The van der Waals surface area contributed by atoms with Crippen molar-refractivity contribution in [2.24, 2.45) is 0 Å². The van der Waals surface area contributed by atoms with Gasteiger partial charge in [-0.15, -0.1) is 0 Å². The van der Waals surface area contributed by atoms with Gasteiger partial charge in [-0.2, -0.15) is 0 Å². The van der Waals surface area contributed by atoms with Crippen molar-refractivity contribution in [2.45, 2.75) is 19.1 Å². The lowest BCUT2D eigenvalue weighted by Crippen LogP contribution is -2.40. The molecule has 2 aliphatic rings. The van der Waals surface area contributed by atoms with Crippen molar-refractivity contribution in [3.63, 3.8) is 0 Å². The highest BCUT2D eigenvalue weighted by Crippen LogP contribution is 2.47. The van der Waals surface area contributed by atoms with Crippen LogP contribution < -0.4 is 23.7 Å². The molecule has 6 rings (SSSR count). The molecule has 1 unspecified atom stereocenters. The van der Waals surface area contributed by atoms with Crippen LogP contribution in [-0.4, -0.2) is 38.4 Å². The molecular weight excluding hydrogens is 530 g/mol. The van der Waals surface area contributed by atoms with Crippen molar-refractivity contribution in [2.75, 3.05) is 27.6 Å². The Morgan fingerprint density at radius 1 is 0.925 bits per heavy atom. The number of benzene rings is 4. The second-order valence-electron chi connectivity index (χ2n) is 9.59. The molecule has 0 bridgehead atoms. The number of carbonyl (C=O) groups excluding carboxylic acids is 1. The fraction of sp³-hybridized carbons (Fsp3) is 0.219. The molecule has 1 atom stereocenters. The van der Waals surface area contributed by atoms with Crippen LogP contribution in [-0.2, 0) is 13.0 Å². The molecule has 7 nitrogen and oxygen atoms in total. The highest BCUT2D eigenvalue weighted by atomic mass is 35.5. The van der Waals surface area contributed by atoms with Crippen LogP contribution in [0.15, 0.2) is 78.9 Å². The molecule has 1 amide bonds. The van der Waals surface area contributed by atoms with Gasteiger partial charge in [0.05, 0.1) is 20.3 Å². The van der Waals surface area contributed by atoms with Crippen molar-refractivity contribution in [3.8, 4) is 28.7 Å². The number of fused-ring (bicyclic) bond motifs is 2. The SMILES string of the molecule is COc1cc(C2c3cc4c(cc3CCN2C(=O)c2cccc(Cl)c2)OCO4)cc(OC)c1OCc1ccccc1. The number of nitrogens with zero attached hydrogens (tertiary/aromatic N) is 1. The lowest BCUT2D eigenvalue weighted by Gasteiger charge is -2.38. The van der Waals surface area contributed by atoms with Gasteiger partial charge in [-0.05, 0) is 71.1 Å². The molecule has 0 fully saturated rings. The van der Waals surface area contributed by atoms with E-state index in [0.29, 0.717) is 58.9 Å². The van der Waals surface area contributed by atoms with Gasteiger partial charge < -0.3 is 28.6 Å². The van der Waals surface area contributed by atoms with Crippen LogP contribution in [0.25, 0.3) is 0 Å². The molecule has 0 saturated carbocycles. The molecule has 0 spiro atoms. The number of hydrogen-bond donors (Lipinski definition) is 0. The predicted octanol–water partition coefficient (Wildman–Crippen LogP) is 6.45. The summed E-state index contributed by atoms with van der Waals surface area (Å²) in [5, 5.41) is 0.506. The molecule has 4 aromatic carbocycles. The minimum Gasteiger partial charge on any atom is -0.493 e. The van der Waals surface area contributed by atoms with E-state index in [4.69, 9.17) is 35.3 Å². The first kappa shape index (κ1) is 25.9. The molecule has 4 aromatic rings. The molecule has 0 saturated heterocycles. The van der Waals surface area contributed by atoms with Crippen molar-refractivity contribution < 1.29 is 28.5 Å². The average molecular weight is 558 g/mol.